The summed E-state index contributed by atoms with van der Waals surface area (Å²) in [5, 5.41) is 0. The second kappa shape index (κ2) is 9.31. The van der Waals surface area contributed by atoms with E-state index in [4.69, 9.17) is 24.9 Å². The monoisotopic (exact) mass is 486 g/mol. The molecule has 3 N–H and O–H groups in total. The second-order valence-electron chi connectivity index (χ2n) is 9.60. The molecule has 0 bridgehead atoms. The predicted octanol–water partition coefficient (Wildman–Crippen LogP) is 3.80. The average Bonchev–Trinajstić information content (AvgIpc) is 3.34. The van der Waals surface area contributed by atoms with Gasteiger partial charge in [-0.15, -0.1) is 0 Å². The first-order chi connectivity index (χ1) is 17.6. The van der Waals surface area contributed by atoms with Gasteiger partial charge in [-0.1, -0.05) is 0 Å². The van der Waals surface area contributed by atoms with Crippen molar-refractivity contribution in [3.8, 4) is 28.5 Å². The Bertz CT molecular complexity index is 1400. The molecule has 6 rings (SSSR count). The predicted molar refractivity (Wildman–Crippen MR) is 138 cm³/mol. The highest BCUT2D eigenvalue weighted by Gasteiger charge is 2.26. The van der Waals surface area contributed by atoms with E-state index in [1.54, 1.807) is 13.3 Å². The summed E-state index contributed by atoms with van der Waals surface area (Å²) < 4.78 is 18.1. The van der Waals surface area contributed by atoms with E-state index >= 15 is 0 Å². The van der Waals surface area contributed by atoms with Crippen molar-refractivity contribution < 1.29 is 14.2 Å². The van der Waals surface area contributed by atoms with E-state index in [0.29, 0.717) is 6.61 Å². The first-order valence-corrected chi connectivity index (χ1v) is 12.3. The van der Waals surface area contributed by atoms with Crippen LogP contribution in [-0.4, -0.2) is 64.8 Å². The average molecular weight is 487 g/mol. The fourth-order valence-corrected chi connectivity index (χ4v) is 5.02. The first kappa shape index (κ1) is 22.6. The minimum atomic E-state index is 0.0892. The van der Waals surface area contributed by atoms with Gasteiger partial charge in [0.2, 0.25) is 5.95 Å². The number of likely N-dealkylation sites (tertiary alicyclic amines) is 1. The molecule has 9 nitrogen and oxygen atoms in total. The lowest BCUT2D eigenvalue weighted by atomic mass is 9.96. The van der Waals surface area contributed by atoms with Gasteiger partial charge in [-0.25, -0.2) is 15.0 Å². The Balaban J connectivity index is 1.37. The number of H-pyrrole nitrogens is 1. The fourth-order valence-electron chi connectivity index (χ4n) is 5.02. The molecule has 0 aliphatic carbocycles. The van der Waals surface area contributed by atoms with Crippen molar-refractivity contribution in [3.63, 3.8) is 0 Å². The summed E-state index contributed by atoms with van der Waals surface area (Å²) in [4.78, 5) is 19.3. The second-order valence-corrected chi connectivity index (χ2v) is 9.60. The van der Waals surface area contributed by atoms with Crippen molar-refractivity contribution in [2.45, 2.75) is 31.3 Å². The summed E-state index contributed by atoms with van der Waals surface area (Å²) in [6, 6.07) is 11.8. The van der Waals surface area contributed by atoms with Crippen LogP contribution in [0.5, 0.6) is 17.2 Å². The van der Waals surface area contributed by atoms with Gasteiger partial charge in [-0.05, 0) is 68.3 Å². The highest BCUT2D eigenvalue weighted by atomic mass is 16.5. The van der Waals surface area contributed by atoms with E-state index in [2.05, 4.69) is 26.9 Å². The van der Waals surface area contributed by atoms with Crippen LogP contribution in [0.1, 0.15) is 30.1 Å². The molecular formula is C27H30N6O3. The Labute approximate surface area is 209 Å². The van der Waals surface area contributed by atoms with Crippen molar-refractivity contribution in [1.82, 2.24) is 24.8 Å². The SMILES string of the molecule is COc1ccc2c(c1)CC(c1nc3cc(-c4ccnc(N)n4)cc(OC4CCN(C)CC4)c3[nH]1)CO2. The van der Waals surface area contributed by atoms with Crippen LogP contribution in [0.15, 0.2) is 42.6 Å². The number of nitrogens with two attached hydrogens (primary N) is 1. The number of nitrogens with zero attached hydrogens (tertiary/aromatic N) is 4. The molecule has 36 heavy (non-hydrogen) atoms. The van der Waals surface area contributed by atoms with Gasteiger partial charge >= 0.3 is 0 Å². The van der Waals surface area contributed by atoms with Crippen molar-refractivity contribution in [2.75, 3.05) is 39.6 Å². The number of hydrogen-bond donors (Lipinski definition) is 2. The zero-order chi connectivity index (χ0) is 24.6. The summed E-state index contributed by atoms with van der Waals surface area (Å²) in [6.07, 6.45) is 4.60. The van der Waals surface area contributed by atoms with E-state index in [0.717, 1.165) is 83.3 Å². The topological polar surface area (TPSA) is 111 Å². The number of nitrogen functional groups attached to an aromatic ring is 1. The molecule has 4 aromatic rings. The molecule has 4 heterocycles. The maximum atomic E-state index is 6.58. The summed E-state index contributed by atoms with van der Waals surface area (Å²) >= 11 is 0. The Morgan fingerprint density at radius 1 is 1.11 bits per heavy atom. The highest BCUT2D eigenvalue weighted by molar-refractivity contribution is 5.87. The number of anilines is 1. The number of imidazole rings is 1. The van der Waals surface area contributed by atoms with Crippen LogP contribution in [0, 0.1) is 0 Å². The molecule has 186 valence electrons. The normalized spacial score (nSPS) is 18.6. The van der Waals surface area contributed by atoms with Gasteiger partial charge in [-0.3, -0.25) is 0 Å². The molecule has 2 aliphatic heterocycles. The molecule has 2 aliphatic rings. The van der Waals surface area contributed by atoms with Gasteiger partial charge in [0, 0.05) is 24.8 Å². The minimum Gasteiger partial charge on any atom is -0.497 e. The van der Waals surface area contributed by atoms with E-state index < -0.39 is 0 Å². The third-order valence-electron chi connectivity index (χ3n) is 7.07. The van der Waals surface area contributed by atoms with E-state index in [1.165, 1.54) is 0 Å². The number of fused-ring (bicyclic) bond motifs is 2. The highest BCUT2D eigenvalue weighted by Crippen LogP contribution is 2.37. The van der Waals surface area contributed by atoms with Crippen molar-refractivity contribution in [1.29, 1.82) is 0 Å². The summed E-state index contributed by atoms with van der Waals surface area (Å²) in [5.41, 5.74) is 10.3. The van der Waals surface area contributed by atoms with Crippen LogP contribution in [0.25, 0.3) is 22.3 Å². The third-order valence-corrected chi connectivity index (χ3v) is 7.07. The van der Waals surface area contributed by atoms with E-state index in [9.17, 15) is 0 Å². The Hall–Kier alpha value is -3.85. The van der Waals surface area contributed by atoms with Crippen molar-refractivity contribution in [3.05, 3.63) is 54.0 Å². The molecule has 0 saturated carbocycles. The maximum absolute atomic E-state index is 6.58. The molecule has 1 atom stereocenters. The van der Waals surface area contributed by atoms with Crippen LogP contribution in [-0.2, 0) is 6.42 Å². The number of piperidine rings is 1. The molecule has 1 unspecified atom stereocenters. The van der Waals surface area contributed by atoms with Crippen LogP contribution in [0.2, 0.25) is 0 Å². The number of rotatable bonds is 5. The summed E-state index contributed by atoms with van der Waals surface area (Å²) in [6.45, 7) is 2.60. The number of nitrogens with one attached hydrogen (secondary N) is 1. The molecular weight excluding hydrogens is 456 g/mol. The van der Waals surface area contributed by atoms with Crippen molar-refractivity contribution >= 4 is 17.0 Å². The summed E-state index contributed by atoms with van der Waals surface area (Å²) in [5.74, 6) is 3.72. The van der Waals surface area contributed by atoms with Crippen LogP contribution in [0.3, 0.4) is 0 Å². The zero-order valence-corrected chi connectivity index (χ0v) is 20.5. The molecule has 0 radical (unpaired) electrons. The minimum absolute atomic E-state index is 0.0892. The molecule has 0 amide bonds. The third kappa shape index (κ3) is 4.42. The molecule has 2 aromatic heterocycles. The Morgan fingerprint density at radius 3 is 2.78 bits per heavy atom. The van der Waals surface area contributed by atoms with Gasteiger partial charge in [0.25, 0.3) is 0 Å². The molecule has 9 heteroatoms. The number of benzene rings is 2. The molecule has 1 fully saturated rings. The smallest absolute Gasteiger partial charge is 0.220 e. The molecule has 0 spiro atoms. The quantitative estimate of drug-likeness (QED) is 0.438. The largest absolute Gasteiger partial charge is 0.497 e. The van der Waals surface area contributed by atoms with Gasteiger partial charge in [0.05, 0.1) is 30.8 Å². The van der Waals surface area contributed by atoms with E-state index in [1.807, 2.05) is 36.4 Å². The van der Waals surface area contributed by atoms with Gasteiger partial charge in [-0.2, -0.15) is 0 Å². The van der Waals surface area contributed by atoms with Gasteiger partial charge in [0.1, 0.15) is 34.7 Å². The fraction of sp³-hybridized carbons (Fsp3) is 0.370. The van der Waals surface area contributed by atoms with E-state index in [-0.39, 0.29) is 18.0 Å². The number of aromatic amines is 1. The summed E-state index contributed by atoms with van der Waals surface area (Å²) in [7, 11) is 3.83. The molecule has 2 aromatic carbocycles. The van der Waals surface area contributed by atoms with Crippen LogP contribution >= 0.6 is 0 Å². The van der Waals surface area contributed by atoms with Crippen molar-refractivity contribution in [2.24, 2.45) is 0 Å². The molecule has 1 saturated heterocycles. The van der Waals surface area contributed by atoms with Gasteiger partial charge in [0.15, 0.2) is 0 Å². The number of aromatic nitrogens is 4. The zero-order valence-electron chi connectivity index (χ0n) is 20.5. The lowest BCUT2D eigenvalue weighted by Crippen LogP contribution is -2.35. The maximum Gasteiger partial charge on any atom is 0.220 e. The lowest BCUT2D eigenvalue weighted by Gasteiger charge is -2.29. The standard InChI is InChI=1S/C27H30N6O3/c1-33-9-6-19(7-10-33)36-24-14-16(21-5-8-29-27(28)31-21)13-22-25(24)32-26(30-22)18-11-17-12-20(34-2)3-4-23(17)35-15-18/h3-5,8,12-14,18-19H,6-7,9-11,15H2,1-2H3,(H,30,32)(H2,28,29,31). The number of hydrogen-bond acceptors (Lipinski definition) is 8. The first-order valence-electron chi connectivity index (χ1n) is 12.3. The Kier molecular flexibility index (Phi) is 5.85. The number of methoxy groups -OCH3 is 1. The Morgan fingerprint density at radius 2 is 1.97 bits per heavy atom. The van der Waals surface area contributed by atoms with Gasteiger partial charge < -0.3 is 29.8 Å². The lowest BCUT2D eigenvalue weighted by molar-refractivity contribution is 0.115. The van der Waals surface area contributed by atoms with Crippen LogP contribution < -0.4 is 19.9 Å². The van der Waals surface area contributed by atoms with Crippen LogP contribution in [0.4, 0.5) is 5.95 Å². The number of ether oxygens (including phenoxy) is 3.